The van der Waals surface area contributed by atoms with E-state index in [1.165, 1.54) is 25.7 Å². The van der Waals surface area contributed by atoms with Crippen LogP contribution in [0.5, 0.6) is 0 Å². The standard InChI is InChI=1S/C26H34N4O3/c31-25(23-10-13-27-24(18-23)29-14-6-1-2-7-15-29)28-19-21-11-16-30(17-12-21)26(32)33-20-22-8-4-3-5-9-22/h3-5,8-10,13,18,21H,1-2,6-7,11-12,14-17,19-20H2,(H,28,31). The highest BCUT2D eigenvalue weighted by atomic mass is 16.6. The molecule has 2 fully saturated rings. The molecule has 7 heteroatoms. The van der Waals surface area contributed by atoms with Gasteiger partial charge in [0.05, 0.1) is 0 Å². The van der Waals surface area contributed by atoms with Crippen molar-refractivity contribution in [2.75, 3.05) is 37.6 Å². The fourth-order valence-electron chi connectivity index (χ4n) is 4.50. The second-order valence-electron chi connectivity index (χ2n) is 8.98. The molecule has 1 aromatic carbocycles. The van der Waals surface area contributed by atoms with Crippen LogP contribution in [0.25, 0.3) is 0 Å². The summed E-state index contributed by atoms with van der Waals surface area (Å²) in [5.74, 6) is 1.20. The fourth-order valence-corrected chi connectivity index (χ4v) is 4.50. The lowest BCUT2D eigenvalue weighted by molar-refractivity contribution is 0.0801. The summed E-state index contributed by atoms with van der Waals surface area (Å²) in [7, 11) is 0. The Kier molecular flexibility index (Phi) is 8.17. The van der Waals surface area contributed by atoms with Gasteiger partial charge in [0, 0.05) is 44.5 Å². The van der Waals surface area contributed by atoms with Crippen molar-refractivity contribution in [2.24, 2.45) is 5.92 Å². The van der Waals surface area contributed by atoms with Gasteiger partial charge in [-0.15, -0.1) is 0 Å². The minimum absolute atomic E-state index is 0.0572. The number of carbonyl (C=O) groups excluding carboxylic acids is 2. The second kappa shape index (κ2) is 11.7. The number of hydrogen-bond donors (Lipinski definition) is 1. The number of pyridine rings is 1. The van der Waals surface area contributed by atoms with Crippen LogP contribution < -0.4 is 10.2 Å². The van der Waals surface area contributed by atoms with Crippen LogP contribution in [-0.2, 0) is 11.3 Å². The molecule has 3 heterocycles. The molecule has 4 rings (SSSR count). The van der Waals surface area contributed by atoms with Gasteiger partial charge in [0.25, 0.3) is 5.91 Å². The summed E-state index contributed by atoms with van der Waals surface area (Å²) in [5, 5.41) is 3.08. The maximum absolute atomic E-state index is 12.7. The highest BCUT2D eigenvalue weighted by Crippen LogP contribution is 2.20. The van der Waals surface area contributed by atoms with Crippen molar-refractivity contribution in [1.29, 1.82) is 0 Å². The van der Waals surface area contributed by atoms with Crippen LogP contribution in [-0.4, -0.2) is 54.6 Å². The Balaban J connectivity index is 1.20. The first-order valence-corrected chi connectivity index (χ1v) is 12.1. The molecular formula is C26H34N4O3. The highest BCUT2D eigenvalue weighted by Gasteiger charge is 2.24. The van der Waals surface area contributed by atoms with Gasteiger partial charge in [-0.1, -0.05) is 43.2 Å². The van der Waals surface area contributed by atoms with Crippen molar-refractivity contribution < 1.29 is 14.3 Å². The second-order valence-corrected chi connectivity index (χ2v) is 8.98. The molecule has 1 aromatic heterocycles. The average molecular weight is 451 g/mol. The molecule has 0 bridgehead atoms. The number of piperidine rings is 1. The molecule has 2 saturated heterocycles. The SMILES string of the molecule is O=C(NCC1CCN(C(=O)OCc2ccccc2)CC1)c1ccnc(N2CCCCCC2)c1. The number of ether oxygens (including phenoxy) is 1. The molecule has 1 N–H and O–H groups in total. The van der Waals surface area contributed by atoms with Crippen LogP contribution in [0, 0.1) is 5.92 Å². The number of carbonyl (C=O) groups is 2. The number of nitrogens with zero attached hydrogens (tertiary/aromatic N) is 3. The molecule has 0 atom stereocenters. The Bertz CT molecular complexity index is 905. The van der Waals surface area contributed by atoms with Crippen LogP contribution in [0.3, 0.4) is 0 Å². The predicted molar refractivity (Wildman–Crippen MR) is 128 cm³/mol. The number of amides is 2. The molecule has 33 heavy (non-hydrogen) atoms. The van der Waals surface area contributed by atoms with E-state index in [1.54, 1.807) is 17.2 Å². The minimum Gasteiger partial charge on any atom is -0.445 e. The van der Waals surface area contributed by atoms with Crippen LogP contribution >= 0.6 is 0 Å². The van der Waals surface area contributed by atoms with E-state index in [1.807, 2.05) is 36.4 Å². The molecule has 0 saturated carbocycles. The predicted octanol–water partition coefficient (Wildman–Crippen LogP) is 4.24. The number of rotatable bonds is 6. The van der Waals surface area contributed by atoms with Crippen molar-refractivity contribution in [3.05, 3.63) is 59.8 Å². The average Bonchev–Trinajstić information content (AvgIpc) is 3.17. The Morgan fingerprint density at radius 1 is 0.970 bits per heavy atom. The first-order chi connectivity index (χ1) is 16.2. The molecule has 176 valence electrons. The number of hydrogen-bond acceptors (Lipinski definition) is 5. The molecule has 2 aliphatic rings. The van der Waals surface area contributed by atoms with E-state index >= 15 is 0 Å². The van der Waals surface area contributed by atoms with Gasteiger partial charge in [-0.2, -0.15) is 0 Å². The van der Waals surface area contributed by atoms with E-state index in [0.29, 0.717) is 37.7 Å². The summed E-state index contributed by atoms with van der Waals surface area (Å²) >= 11 is 0. The molecule has 2 aromatic rings. The molecule has 7 nitrogen and oxygen atoms in total. The topological polar surface area (TPSA) is 74.8 Å². The van der Waals surface area contributed by atoms with Gasteiger partial charge in [-0.05, 0) is 49.3 Å². The van der Waals surface area contributed by atoms with E-state index in [9.17, 15) is 9.59 Å². The van der Waals surface area contributed by atoms with Crippen LogP contribution in [0.2, 0.25) is 0 Å². The van der Waals surface area contributed by atoms with E-state index < -0.39 is 0 Å². The maximum atomic E-state index is 12.7. The highest BCUT2D eigenvalue weighted by molar-refractivity contribution is 5.94. The van der Waals surface area contributed by atoms with Gasteiger partial charge < -0.3 is 19.9 Å². The zero-order valence-corrected chi connectivity index (χ0v) is 19.2. The normalized spacial score (nSPS) is 17.3. The monoisotopic (exact) mass is 450 g/mol. The summed E-state index contributed by atoms with van der Waals surface area (Å²) in [6.45, 7) is 4.23. The number of anilines is 1. The quantitative estimate of drug-likeness (QED) is 0.713. The Labute approximate surface area is 196 Å². The lowest BCUT2D eigenvalue weighted by Crippen LogP contribution is -2.41. The fraction of sp³-hybridized carbons (Fsp3) is 0.500. The summed E-state index contributed by atoms with van der Waals surface area (Å²) < 4.78 is 5.44. The summed E-state index contributed by atoms with van der Waals surface area (Å²) in [4.78, 5) is 33.6. The van der Waals surface area contributed by atoms with Crippen molar-refractivity contribution >= 4 is 17.8 Å². The number of benzene rings is 1. The van der Waals surface area contributed by atoms with Gasteiger partial charge in [0.1, 0.15) is 12.4 Å². The van der Waals surface area contributed by atoms with Crippen molar-refractivity contribution in [2.45, 2.75) is 45.1 Å². The zero-order chi connectivity index (χ0) is 22.9. The molecule has 0 aliphatic carbocycles. The van der Waals surface area contributed by atoms with Crippen molar-refractivity contribution in [1.82, 2.24) is 15.2 Å². The summed E-state index contributed by atoms with van der Waals surface area (Å²) in [6, 6.07) is 13.4. The van der Waals surface area contributed by atoms with Gasteiger partial charge in [0.2, 0.25) is 0 Å². The third-order valence-corrected chi connectivity index (χ3v) is 6.57. The lowest BCUT2D eigenvalue weighted by atomic mass is 9.97. The van der Waals surface area contributed by atoms with Crippen LogP contribution in [0.1, 0.15) is 54.4 Å². The molecule has 2 aliphatic heterocycles. The minimum atomic E-state index is -0.265. The first-order valence-electron chi connectivity index (χ1n) is 12.1. The first kappa shape index (κ1) is 23.1. The van der Waals surface area contributed by atoms with E-state index in [2.05, 4.69) is 15.2 Å². The van der Waals surface area contributed by atoms with E-state index in [0.717, 1.165) is 37.3 Å². The molecule has 0 spiro atoms. The Morgan fingerprint density at radius 2 is 1.70 bits per heavy atom. The molecule has 0 radical (unpaired) electrons. The third kappa shape index (κ3) is 6.70. The maximum Gasteiger partial charge on any atom is 0.410 e. The van der Waals surface area contributed by atoms with Gasteiger partial charge in [-0.3, -0.25) is 4.79 Å². The lowest BCUT2D eigenvalue weighted by Gasteiger charge is -2.31. The molecule has 0 unspecified atom stereocenters. The molecular weight excluding hydrogens is 416 g/mol. The number of aromatic nitrogens is 1. The third-order valence-electron chi connectivity index (χ3n) is 6.57. The number of likely N-dealkylation sites (tertiary alicyclic amines) is 1. The van der Waals surface area contributed by atoms with Crippen LogP contribution in [0.4, 0.5) is 10.6 Å². The molecule has 2 amide bonds. The van der Waals surface area contributed by atoms with Crippen LogP contribution in [0.15, 0.2) is 48.7 Å². The van der Waals surface area contributed by atoms with Gasteiger partial charge >= 0.3 is 6.09 Å². The van der Waals surface area contributed by atoms with Crippen molar-refractivity contribution in [3.63, 3.8) is 0 Å². The number of nitrogens with one attached hydrogen (secondary N) is 1. The Morgan fingerprint density at radius 3 is 2.42 bits per heavy atom. The smallest absolute Gasteiger partial charge is 0.410 e. The van der Waals surface area contributed by atoms with Gasteiger partial charge in [0.15, 0.2) is 0 Å². The largest absolute Gasteiger partial charge is 0.445 e. The van der Waals surface area contributed by atoms with E-state index in [-0.39, 0.29) is 12.0 Å². The Hall–Kier alpha value is -3.09. The van der Waals surface area contributed by atoms with Crippen molar-refractivity contribution in [3.8, 4) is 0 Å². The summed E-state index contributed by atoms with van der Waals surface area (Å²) in [5.41, 5.74) is 1.64. The zero-order valence-electron chi connectivity index (χ0n) is 19.2. The van der Waals surface area contributed by atoms with E-state index in [4.69, 9.17) is 4.74 Å². The summed E-state index contributed by atoms with van der Waals surface area (Å²) in [6.07, 6.45) is 8.06. The van der Waals surface area contributed by atoms with Gasteiger partial charge in [-0.25, -0.2) is 9.78 Å².